The second-order valence-electron chi connectivity index (χ2n) is 6.15. The third kappa shape index (κ3) is 3.53. The van der Waals surface area contributed by atoms with Crippen molar-refractivity contribution in [3.05, 3.63) is 81.6 Å². The third-order valence-corrected chi connectivity index (χ3v) is 4.58. The van der Waals surface area contributed by atoms with Gasteiger partial charge in [-0.15, -0.1) is 0 Å². The van der Waals surface area contributed by atoms with Crippen molar-refractivity contribution < 1.29 is 0 Å². The van der Waals surface area contributed by atoms with E-state index in [-0.39, 0.29) is 0 Å². The Morgan fingerprint density at radius 2 is 1.75 bits per heavy atom. The molecule has 0 saturated carbocycles. The van der Waals surface area contributed by atoms with Crippen molar-refractivity contribution in [2.75, 3.05) is 0 Å². The fraction of sp³-hybridized carbons (Fsp3) is 0.250. The predicted molar refractivity (Wildman–Crippen MR) is 99.8 cm³/mol. The molecule has 0 atom stereocenters. The fourth-order valence-electron chi connectivity index (χ4n) is 2.77. The summed E-state index contributed by atoms with van der Waals surface area (Å²) in [7, 11) is 0. The Hall–Kier alpha value is -2.10. The summed E-state index contributed by atoms with van der Waals surface area (Å²) in [5.74, 6) is 0. The van der Waals surface area contributed by atoms with Crippen LogP contribution in [-0.4, -0.2) is 9.78 Å². The molecule has 0 radical (unpaired) electrons. The van der Waals surface area contributed by atoms with Crippen molar-refractivity contribution in [2.45, 2.75) is 33.9 Å². The molecule has 0 amide bonds. The van der Waals surface area contributed by atoms with Gasteiger partial charge in [0, 0.05) is 18.7 Å². The van der Waals surface area contributed by atoms with Gasteiger partial charge in [0.15, 0.2) is 0 Å². The van der Waals surface area contributed by atoms with Crippen molar-refractivity contribution in [3.63, 3.8) is 0 Å². The maximum absolute atomic E-state index is 6.63. The van der Waals surface area contributed by atoms with Crippen LogP contribution in [0.15, 0.2) is 48.5 Å². The number of hydrogen-bond donors (Lipinski definition) is 1. The number of benzene rings is 2. The van der Waals surface area contributed by atoms with E-state index in [9.17, 15) is 0 Å². The van der Waals surface area contributed by atoms with Crippen LogP contribution >= 0.6 is 11.6 Å². The molecule has 0 bridgehead atoms. The highest BCUT2D eigenvalue weighted by atomic mass is 35.5. The standard InChI is InChI=1S/C20H22ClN3/c1-14-9-10-15(2)19(11-14)24-20(21)18(16(3)23-24)13-22-12-17-7-5-4-6-8-17/h4-11,22H,12-13H2,1-3H3. The zero-order valence-corrected chi connectivity index (χ0v) is 15.1. The van der Waals surface area contributed by atoms with E-state index >= 15 is 0 Å². The number of aromatic nitrogens is 2. The van der Waals surface area contributed by atoms with Crippen LogP contribution in [-0.2, 0) is 13.1 Å². The maximum Gasteiger partial charge on any atom is 0.137 e. The van der Waals surface area contributed by atoms with E-state index in [1.807, 2.05) is 29.8 Å². The SMILES string of the molecule is Cc1ccc(C)c(-n2nc(C)c(CNCc3ccccc3)c2Cl)c1. The molecule has 0 aliphatic carbocycles. The van der Waals surface area contributed by atoms with Crippen molar-refractivity contribution in [3.8, 4) is 5.69 Å². The van der Waals surface area contributed by atoms with E-state index in [0.29, 0.717) is 11.7 Å². The van der Waals surface area contributed by atoms with Gasteiger partial charge in [0.25, 0.3) is 0 Å². The smallest absolute Gasteiger partial charge is 0.137 e. The lowest BCUT2D eigenvalue weighted by atomic mass is 10.1. The lowest BCUT2D eigenvalue weighted by molar-refractivity contribution is 0.691. The average Bonchev–Trinajstić information content (AvgIpc) is 2.86. The highest BCUT2D eigenvalue weighted by Gasteiger charge is 2.15. The molecule has 0 spiro atoms. The van der Waals surface area contributed by atoms with Gasteiger partial charge in [-0.2, -0.15) is 5.10 Å². The summed E-state index contributed by atoms with van der Waals surface area (Å²) in [4.78, 5) is 0. The van der Waals surface area contributed by atoms with Crippen LogP contribution in [0.4, 0.5) is 0 Å². The second kappa shape index (κ2) is 7.20. The number of halogens is 1. The Bertz CT molecular complexity index is 838. The summed E-state index contributed by atoms with van der Waals surface area (Å²) >= 11 is 6.63. The van der Waals surface area contributed by atoms with Crippen LogP contribution in [0.2, 0.25) is 5.15 Å². The van der Waals surface area contributed by atoms with E-state index < -0.39 is 0 Å². The molecular weight excluding hydrogens is 318 g/mol. The van der Waals surface area contributed by atoms with Crippen LogP contribution < -0.4 is 5.32 Å². The summed E-state index contributed by atoms with van der Waals surface area (Å²) in [5, 5.41) is 8.79. The summed E-state index contributed by atoms with van der Waals surface area (Å²) < 4.78 is 1.85. The molecule has 0 aliphatic rings. The number of aryl methyl sites for hydroxylation is 3. The monoisotopic (exact) mass is 339 g/mol. The Morgan fingerprint density at radius 3 is 2.50 bits per heavy atom. The second-order valence-corrected chi connectivity index (χ2v) is 6.50. The molecule has 124 valence electrons. The molecule has 3 nitrogen and oxygen atoms in total. The van der Waals surface area contributed by atoms with Crippen LogP contribution in [0, 0.1) is 20.8 Å². The Labute approximate surface area is 148 Å². The average molecular weight is 340 g/mol. The van der Waals surface area contributed by atoms with Gasteiger partial charge in [-0.25, -0.2) is 4.68 Å². The molecular formula is C20H22ClN3. The van der Waals surface area contributed by atoms with Gasteiger partial charge in [-0.3, -0.25) is 0 Å². The molecule has 3 rings (SSSR count). The van der Waals surface area contributed by atoms with E-state index in [2.05, 4.69) is 54.6 Å². The first kappa shape index (κ1) is 16.7. The molecule has 2 aromatic carbocycles. The molecule has 4 heteroatoms. The van der Waals surface area contributed by atoms with Crippen molar-refractivity contribution in [1.82, 2.24) is 15.1 Å². The first-order valence-corrected chi connectivity index (χ1v) is 8.50. The zero-order valence-electron chi connectivity index (χ0n) is 14.3. The van der Waals surface area contributed by atoms with Gasteiger partial charge in [0.1, 0.15) is 5.15 Å². The number of nitrogens with zero attached hydrogens (tertiary/aromatic N) is 2. The minimum absolute atomic E-state index is 0.682. The lowest BCUT2D eigenvalue weighted by Gasteiger charge is -2.09. The van der Waals surface area contributed by atoms with Gasteiger partial charge in [-0.1, -0.05) is 54.1 Å². The molecule has 0 unspecified atom stereocenters. The molecule has 3 aromatic rings. The Morgan fingerprint density at radius 1 is 1.00 bits per heavy atom. The maximum atomic E-state index is 6.63. The first-order chi connectivity index (χ1) is 11.6. The van der Waals surface area contributed by atoms with Gasteiger partial charge in [-0.05, 0) is 43.5 Å². The predicted octanol–water partition coefficient (Wildman–Crippen LogP) is 4.74. The van der Waals surface area contributed by atoms with Gasteiger partial charge in [0.05, 0.1) is 11.4 Å². The van der Waals surface area contributed by atoms with Crippen molar-refractivity contribution in [1.29, 1.82) is 0 Å². The Balaban J connectivity index is 1.80. The number of hydrogen-bond acceptors (Lipinski definition) is 2. The quantitative estimate of drug-likeness (QED) is 0.727. The third-order valence-electron chi connectivity index (χ3n) is 4.19. The highest BCUT2D eigenvalue weighted by Crippen LogP contribution is 2.25. The van der Waals surface area contributed by atoms with Crippen LogP contribution in [0.3, 0.4) is 0 Å². The van der Waals surface area contributed by atoms with E-state index in [1.165, 1.54) is 11.1 Å². The van der Waals surface area contributed by atoms with Crippen molar-refractivity contribution in [2.24, 2.45) is 0 Å². The normalized spacial score (nSPS) is 11.0. The molecule has 24 heavy (non-hydrogen) atoms. The van der Waals surface area contributed by atoms with Gasteiger partial charge in [0.2, 0.25) is 0 Å². The fourth-order valence-corrected chi connectivity index (χ4v) is 3.10. The van der Waals surface area contributed by atoms with Crippen molar-refractivity contribution >= 4 is 11.6 Å². The first-order valence-electron chi connectivity index (χ1n) is 8.12. The molecule has 0 saturated heterocycles. The Kier molecular flexibility index (Phi) is 5.03. The van der Waals surface area contributed by atoms with Gasteiger partial charge >= 0.3 is 0 Å². The van der Waals surface area contributed by atoms with Crippen LogP contribution in [0.25, 0.3) is 5.69 Å². The summed E-state index contributed by atoms with van der Waals surface area (Å²) in [6.45, 7) is 7.67. The molecule has 0 aliphatic heterocycles. The number of nitrogens with one attached hydrogen (secondary N) is 1. The molecule has 1 heterocycles. The highest BCUT2D eigenvalue weighted by molar-refractivity contribution is 6.30. The minimum atomic E-state index is 0.682. The molecule has 1 aromatic heterocycles. The van der Waals surface area contributed by atoms with E-state index in [4.69, 9.17) is 11.6 Å². The summed E-state index contributed by atoms with van der Waals surface area (Å²) in [6, 6.07) is 16.7. The zero-order chi connectivity index (χ0) is 17.1. The van der Waals surface area contributed by atoms with E-state index in [1.54, 1.807) is 0 Å². The van der Waals surface area contributed by atoms with E-state index in [0.717, 1.165) is 29.1 Å². The van der Waals surface area contributed by atoms with Crippen LogP contribution in [0.5, 0.6) is 0 Å². The van der Waals surface area contributed by atoms with Gasteiger partial charge < -0.3 is 5.32 Å². The van der Waals surface area contributed by atoms with Crippen LogP contribution in [0.1, 0.15) is 27.9 Å². The molecule has 1 N–H and O–H groups in total. The molecule has 0 fully saturated rings. The summed E-state index contributed by atoms with van der Waals surface area (Å²) in [5.41, 5.74) is 6.66. The lowest BCUT2D eigenvalue weighted by Crippen LogP contribution is -2.13. The topological polar surface area (TPSA) is 29.9 Å². The minimum Gasteiger partial charge on any atom is -0.308 e. The largest absolute Gasteiger partial charge is 0.308 e. The number of rotatable bonds is 5. The summed E-state index contributed by atoms with van der Waals surface area (Å²) in [6.07, 6.45) is 0.